The van der Waals surface area contributed by atoms with Crippen LogP contribution in [-0.4, -0.2) is 27.3 Å². The number of aromatic nitrogens is 2. The van der Waals surface area contributed by atoms with Gasteiger partial charge in [0.1, 0.15) is 18.2 Å². The molecule has 7 nitrogen and oxygen atoms in total. The number of nitrogens with one attached hydrogen (secondary N) is 1. The van der Waals surface area contributed by atoms with Crippen molar-refractivity contribution in [2.45, 2.75) is 19.9 Å². The van der Waals surface area contributed by atoms with E-state index >= 15 is 0 Å². The molecule has 30 heavy (non-hydrogen) atoms. The van der Waals surface area contributed by atoms with Crippen LogP contribution in [0.5, 0.6) is 5.75 Å². The second-order valence-corrected chi connectivity index (χ2v) is 7.64. The van der Waals surface area contributed by atoms with Gasteiger partial charge >= 0.3 is 0 Å². The SMILES string of the molecule is CCc1nc2ccccc2c(=O)n1CCOc1ccc(/C=C2/SC(=O)NC2=O)cc1. The third-order valence-electron chi connectivity index (χ3n) is 4.66. The summed E-state index contributed by atoms with van der Waals surface area (Å²) >= 11 is 0.882. The normalized spacial score (nSPS) is 15.0. The largest absolute Gasteiger partial charge is 0.492 e. The van der Waals surface area contributed by atoms with Gasteiger partial charge in [-0.3, -0.25) is 24.3 Å². The Hall–Kier alpha value is -3.39. The molecule has 2 heterocycles. The fraction of sp³-hybridized carbons (Fsp3) is 0.182. The van der Waals surface area contributed by atoms with Gasteiger partial charge in [-0.05, 0) is 47.7 Å². The molecule has 2 aromatic carbocycles. The Bertz CT molecular complexity index is 1220. The number of nitrogens with zero attached hydrogens (tertiary/aromatic N) is 2. The minimum atomic E-state index is -0.383. The van der Waals surface area contributed by atoms with Crippen molar-refractivity contribution in [2.75, 3.05) is 6.61 Å². The third kappa shape index (κ3) is 4.13. The Morgan fingerprint density at radius 3 is 2.57 bits per heavy atom. The van der Waals surface area contributed by atoms with Gasteiger partial charge in [0.05, 0.1) is 22.4 Å². The Labute approximate surface area is 176 Å². The van der Waals surface area contributed by atoms with Gasteiger partial charge in [0.2, 0.25) is 0 Å². The number of rotatable bonds is 6. The highest BCUT2D eigenvalue weighted by molar-refractivity contribution is 8.18. The van der Waals surface area contributed by atoms with Gasteiger partial charge in [0.25, 0.3) is 16.7 Å². The van der Waals surface area contributed by atoms with E-state index in [2.05, 4.69) is 10.3 Å². The number of fused-ring (bicyclic) bond motifs is 1. The Kier molecular flexibility index (Phi) is 5.67. The smallest absolute Gasteiger partial charge is 0.290 e. The van der Waals surface area contributed by atoms with Crippen molar-refractivity contribution in [3.8, 4) is 5.75 Å². The van der Waals surface area contributed by atoms with Crippen molar-refractivity contribution in [1.29, 1.82) is 0 Å². The second kappa shape index (κ2) is 8.54. The van der Waals surface area contributed by atoms with Gasteiger partial charge in [-0.2, -0.15) is 0 Å². The number of carbonyl (C=O) groups is 2. The van der Waals surface area contributed by atoms with Crippen molar-refractivity contribution in [1.82, 2.24) is 14.9 Å². The predicted octanol–water partition coefficient (Wildman–Crippen LogP) is 3.36. The highest BCUT2D eigenvalue weighted by atomic mass is 32.2. The number of carbonyl (C=O) groups excluding carboxylic acids is 2. The molecular formula is C22H19N3O4S. The summed E-state index contributed by atoms with van der Waals surface area (Å²) in [6.07, 6.45) is 2.31. The monoisotopic (exact) mass is 421 g/mol. The number of imide groups is 1. The number of para-hydroxylation sites is 1. The lowest BCUT2D eigenvalue weighted by atomic mass is 10.2. The molecule has 1 aliphatic rings. The topological polar surface area (TPSA) is 90.3 Å². The summed E-state index contributed by atoms with van der Waals surface area (Å²) in [6, 6.07) is 14.5. The summed E-state index contributed by atoms with van der Waals surface area (Å²) in [5, 5.41) is 2.46. The first-order valence-corrected chi connectivity index (χ1v) is 10.3. The summed E-state index contributed by atoms with van der Waals surface area (Å²) in [5.74, 6) is 0.995. The molecule has 1 aromatic heterocycles. The zero-order valence-electron chi connectivity index (χ0n) is 16.3. The molecule has 0 unspecified atom stereocenters. The molecule has 0 aliphatic carbocycles. The van der Waals surface area contributed by atoms with E-state index in [9.17, 15) is 14.4 Å². The van der Waals surface area contributed by atoms with Crippen LogP contribution < -0.4 is 15.6 Å². The van der Waals surface area contributed by atoms with E-state index in [-0.39, 0.29) is 16.7 Å². The summed E-state index contributed by atoms with van der Waals surface area (Å²) in [6.45, 7) is 2.68. The molecule has 152 valence electrons. The van der Waals surface area contributed by atoms with Crippen LogP contribution >= 0.6 is 11.8 Å². The Morgan fingerprint density at radius 1 is 1.10 bits per heavy atom. The van der Waals surface area contributed by atoms with Crippen molar-refractivity contribution < 1.29 is 14.3 Å². The molecule has 1 saturated heterocycles. The Morgan fingerprint density at radius 2 is 1.87 bits per heavy atom. The van der Waals surface area contributed by atoms with Crippen LogP contribution in [0.15, 0.2) is 58.2 Å². The maximum Gasteiger partial charge on any atom is 0.290 e. The zero-order valence-corrected chi connectivity index (χ0v) is 17.1. The van der Waals surface area contributed by atoms with Crippen LogP contribution in [0, 0.1) is 0 Å². The van der Waals surface area contributed by atoms with Crippen LogP contribution in [0.2, 0.25) is 0 Å². The lowest BCUT2D eigenvalue weighted by molar-refractivity contribution is -0.115. The third-order valence-corrected chi connectivity index (χ3v) is 5.47. The van der Waals surface area contributed by atoms with Gasteiger partial charge in [-0.25, -0.2) is 4.98 Å². The number of benzene rings is 2. The van der Waals surface area contributed by atoms with Gasteiger partial charge in [-0.1, -0.05) is 31.2 Å². The first-order chi connectivity index (χ1) is 14.5. The lowest BCUT2D eigenvalue weighted by Gasteiger charge is -2.13. The molecule has 0 bridgehead atoms. The number of hydrogen-bond donors (Lipinski definition) is 1. The molecule has 0 atom stereocenters. The molecule has 2 amide bonds. The molecule has 8 heteroatoms. The van der Waals surface area contributed by atoms with E-state index in [1.165, 1.54) is 0 Å². The summed E-state index contributed by atoms with van der Waals surface area (Å²) in [7, 11) is 0. The molecule has 1 fully saturated rings. The summed E-state index contributed by atoms with van der Waals surface area (Å²) < 4.78 is 7.45. The standard InChI is InChI=1S/C22H19N3O4S/c1-2-19-23-17-6-4-3-5-16(17)21(27)25(19)11-12-29-15-9-7-14(8-10-15)13-18-20(26)24-22(28)30-18/h3-10,13H,2,11-12H2,1H3,(H,24,26,28)/b18-13+. The van der Waals surface area contributed by atoms with Crippen molar-refractivity contribution in [3.63, 3.8) is 0 Å². The quantitative estimate of drug-likeness (QED) is 0.614. The van der Waals surface area contributed by atoms with Crippen LogP contribution in [0.25, 0.3) is 17.0 Å². The maximum absolute atomic E-state index is 12.8. The number of aryl methyl sites for hydroxylation is 1. The van der Waals surface area contributed by atoms with Gasteiger partial charge < -0.3 is 4.74 Å². The fourth-order valence-electron chi connectivity index (χ4n) is 3.20. The van der Waals surface area contributed by atoms with Crippen LogP contribution in [0.1, 0.15) is 18.3 Å². The number of thioether (sulfide) groups is 1. The van der Waals surface area contributed by atoms with Crippen LogP contribution in [0.4, 0.5) is 4.79 Å². The van der Waals surface area contributed by atoms with E-state index in [1.54, 1.807) is 41.0 Å². The van der Waals surface area contributed by atoms with Crippen molar-refractivity contribution >= 4 is 39.9 Å². The number of amides is 2. The van der Waals surface area contributed by atoms with Gasteiger partial charge in [0.15, 0.2) is 0 Å². The summed E-state index contributed by atoms with van der Waals surface area (Å²) in [4.78, 5) is 40.6. The molecule has 0 spiro atoms. The maximum atomic E-state index is 12.8. The van der Waals surface area contributed by atoms with E-state index in [0.29, 0.717) is 41.1 Å². The highest BCUT2D eigenvalue weighted by Gasteiger charge is 2.24. The van der Waals surface area contributed by atoms with E-state index in [1.807, 2.05) is 25.1 Å². The minimum absolute atomic E-state index is 0.0649. The molecule has 0 saturated carbocycles. The minimum Gasteiger partial charge on any atom is -0.492 e. The number of ether oxygens (including phenoxy) is 1. The van der Waals surface area contributed by atoms with Crippen molar-refractivity contribution in [3.05, 3.63) is 75.2 Å². The molecular weight excluding hydrogens is 402 g/mol. The molecule has 1 aliphatic heterocycles. The Balaban J connectivity index is 1.44. The van der Waals surface area contributed by atoms with Crippen LogP contribution in [-0.2, 0) is 17.8 Å². The fourth-order valence-corrected chi connectivity index (χ4v) is 3.88. The van der Waals surface area contributed by atoms with E-state index in [4.69, 9.17) is 4.74 Å². The highest BCUT2D eigenvalue weighted by Crippen LogP contribution is 2.26. The van der Waals surface area contributed by atoms with Gasteiger partial charge in [-0.15, -0.1) is 0 Å². The molecule has 4 rings (SSSR count). The average molecular weight is 421 g/mol. The van der Waals surface area contributed by atoms with Gasteiger partial charge in [0, 0.05) is 6.42 Å². The van der Waals surface area contributed by atoms with Crippen LogP contribution in [0.3, 0.4) is 0 Å². The predicted molar refractivity (Wildman–Crippen MR) is 116 cm³/mol. The summed E-state index contributed by atoms with van der Waals surface area (Å²) in [5.41, 5.74) is 1.43. The van der Waals surface area contributed by atoms with E-state index in [0.717, 1.165) is 23.1 Å². The molecule has 3 aromatic rings. The lowest BCUT2D eigenvalue weighted by Crippen LogP contribution is -2.27. The average Bonchev–Trinajstić information content (AvgIpc) is 3.07. The van der Waals surface area contributed by atoms with E-state index < -0.39 is 0 Å². The zero-order chi connectivity index (χ0) is 21.1. The molecule has 1 N–H and O–H groups in total. The second-order valence-electron chi connectivity index (χ2n) is 6.63. The first kappa shape index (κ1) is 19.9. The van der Waals surface area contributed by atoms with Crippen molar-refractivity contribution in [2.24, 2.45) is 0 Å². The number of hydrogen-bond acceptors (Lipinski definition) is 6. The molecule has 0 radical (unpaired) electrons. The first-order valence-electron chi connectivity index (χ1n) is 9.51.